The van der Waals surface area contributed by atoms with Gasteiger partial charge in [0.05, 0.1) is 13.2 Å². The second-order valence-electron chi connectivity index (χ2n) is 7.53. The predicted molar refractivity (Wildman–Crippen MR) is 96.9 cm³/mol. The standard InChI is InChI=1S/C18H24N2O6S/c1-23-15(21)17(22)9-12(24-16(27)20-8-7-19-11-20)14-13(10-17)25-18(26-14)5-3-2-4-6-18/h7-8,11-14,22H,2-6,9-10H2,1H3/t12-,13-,14+,17-/m1/s1. The highest BCUT2D eigenvalue weighted by Crippen LogP contribution is 2.47. The molecule has 2 aliphatic carbocycles. The molecule has 0 bridgehead atoms. The summed E-state index contributed by atoms with van der Waals surface area (Å²) in [5.41, 5.74) is -1.70. The molecule has 3 fully saturated rings. The number of ether oxygens (including phenoxy) is 4. The molecule has 9 heteroatoms. The highest BCUT2D eigenvalue weighted by molar-refractivity contribution is 7.80. The lowest BCUT2D eigenvalue weighted by Crippen LogP contribution is -2.56. The van der Waals surface area contributed by atoms with Crippen molar-refractivity contribution in [2.45, 2.75) is 74.6 Å². The number of aromatic nitrogens is 2. The number of aliphatic hydroxyl groups is 1. The molecule has 1 aromatic heterocycles. The molecule has 0 radical (unpaired) electrons. The number of nitrogens with zero attached hydrogens (tertiary/aromatic N) is 2. The fraction of sp³-hybridized carbons (Fsp3) is 0.722. The van der Waals surface area contributed by atoms with Crippen molar-refractivity contribution in [3.05, 3.63) is 18.7 Å². The van der Waals surface area contributed by atoms with Gasteiger partial charge in [-0.25, -0.2) is 9.78 Å². The van der Waals surface area contributed by atoms with Crippen LogP contribution in [0.15, 0.2) is 18.7 Å². The normalized spacial score (nSPS) is 34.8. The van der Waals surface area contributed by atoms with Crippen LogP contribution in [0, 0.1) is 0 Å². The van der Waals surface area contributed by atoms with E-state index in [-0.39, 0.29) is 18.0 Å². The van der Waals surface area contributed by atoms with Gasteiger partial charge in [0.1, 0.15) is 18.5 Å². The molecule has 3 aliphatic rings. The molecular formula is C18H24N2O6S. The summed E-state index contributed by atoms with van der Waals surface area (Å²) in [6.45, 7) is 0. The van der Waals surface area contributed by atoms with E-state index in [1.807, 2.05) is 0 Å². The average Bonchev–Trinajstić information content (AvgIpc) is 3.30. The van der Waals surface area contributed by atoms with E-state index < -0.39 is 35.7 Å². The Kier molecular flexibility index (Phi) is 4.96. The Bertz CT molecular complexity index is 705. The van der Waals surface area contributed by atoms with Crippen molar-refractivity contribution < 1.29 is 28.8 Å². The van der Waals surface area contributed by atoms with Crippen LogP contribution in [0.3, 0.4) is 0 Å². The van der Waals surface area contributed by atoms with Crippen LogP contribution >= 0.6 is 12.2 Å². The second-order valence-corrected chi connectivity index (χ2v) is 7.88. The molecular weight excluding hydrogens is 372 g/mol. The summed E-state index contributed by atoms with van der Waals surface area (Å²) in [6, 6.07) is 0. The summed E-state index contributed by atoms with van der Waals surface area (Å²) in [7, 11) is 1.26. The molecule has 1 aliphatic heterocycles. The molecule has 4 atom stereocenters. The number of imidazole rings is 1. The highest BCUT2D eigenvalue weighted by Gasteiger charge is 2.60. The molecule has 4 rings (SSSR count). The third-order valence-electron chi connectivity index (χ3n) is 5.68. The third-order valence-corrected chi connectivity index (χ3v) is 5.98. The van der Waals surface area contributed by atoms with Gasteiger partial charge < -0.3 is 24.1 Å². The van der Waals surface area contributed by atoms with Crippen molar-refractivity contribution in [3.63, 3.8) is 0 Å². The number of hydrogen-bond donors (Lipinski definition) is 1. The van der Waals surface area contributed by atoms with E-state index in [0.717, 1.165) is 32.1 Å². The molecule has 8 nitrogen and oxygen atoms in total. The maximum Gasteiger partial charge on any atom is 0.338 e. The minimum atomic E-state index is -1.70. The number of esters is 1. The monoisotopic (exact) mass is 396 g/mol. The lowest BCUT2D eigenvalue weighted by atomic mass is 9.79. The van der Waals surface area contributed by atoms with Crippen LogP contribution in [0.5, 0.6) is 0 Å². The van der Waals surface area contributed by atoms with E-state index in [4.69, 9.17) is 31.2 Å². The van der Waals surface area contributed by atoms with Crippen LogP contribution in [-0.2, 0) is 23.7 Å². The quantitative estimate of drug-likeness (QED) is 0.595. The molecule has 2 heterocycles. The van der Waals surface area contributed by atoms with Gasteiger partial charge in [-0.05, 0) is 25.1 Å². The Hall–Kier alpha value is -1.55. The molecule has 0 unspecified atom stereocenters. The van der Waals surface area contributed by atoms with E-state index in [0.29, 0.717) is 0 Å². The first kappa shape index (κ1) is 18.8. The van der Waals surface area contributed by atoms with Gasteiger partial charge >= 0.3 is 5.97 Å². The van der Waals surface area contributed by atoms with Crippen LogP contribution in [0.2, 0.25) is 0 Å². The predicted octanol–water partition coefficient (Wildman–Crippen LogP) is 1.54. The fourth-order valence-corrected chi connectivity index (χ4v) is 4.61. The summed E-state index contributed by atoms with van der Waals surface area (Å²) < 4.78 is 24.9. The van der Waals surface area contributed by atoms with E-state index in [1.165, 1.54) is 13.4 Å². The van der Waals surface area contributed by atoms with Gasteiger partial charge in [-0.3, -0.25) is 4.57 Å². The smallest absolute Gasteiger partial charge is 0.338 e. The van der Waals surface area contributed by atoms with Gasteiger partial charge in [-0.15, -0.1) is 0 Å². The van der Waals surface area contributed by atoms with Gasteiger partial charge in [-0.2, -0.15) is 0 Å². The first-order chi connectivity index (χ1) is 12.9. The molecule has 0 aromatic carbocycles. The summed E-state index contributed by atoms with van der Waals surface area (Å²) in [5.74, 6) is -1.36. The van der Waals surface area contributed by atoms with Crippen LogP contribution in [0.1, 0.15) is 44.9 Å². The van der Waals surface area contributed by atoms with Crippen molar-refractivity contribution >= 4 is 23.4 Å². The maximum absolute atomic E-state index is 12.2. The minimum Gasteiger partial charge on any atom is -0.467 e. The second kappa shape index (κ2) is 7.12. The van der Waals surface area contributed by atoms with Gasteiger partial charge in [0.2, 0.25) is 0 Å². The molecule has 148 valence electrons. The largest absolute Gasteiger partial charge is 0.467 e. The van der Waals surface area contributed by atoms with Gasteiger partial charge in [0.15, 0.2) is 11.4 Å². The zero-order valence-corrected chi connectivity index (χ0v) is 16.0. The average molecular weight is 396 g/mol. The molecule has 2 saturated carbocycles. The Labute approximate surface area is 162 Å². The number of carbonyl (C=O) groups excluding carboxylic acids is 1. The number of methoxy groups -OCH3 is 1. The zero-order valence-electron chi connectivity index (χ0n) is 15.2. The molecule has 0 amide bonds. The van der Waals surface area contributed by atoms with Crippen LogP contribution in [0.4, 0.5) is 0 Å². The Morgan fingerprint density at radius 1 is 1.30 bits per heavy atom. The first-order valence-electron chi connectivity index (χ1n) is 9.30. The Morgan fingerprint density at radius 3 is 2.74 bits per heavy atom. The van der Waals surface area contributed by atoms with Gasteiger partial charge in [-0.1, -0.05) is 6.42 Å². The van der Waals surface area contributed by atoms with Crippen molar-refractivity contribution in [1.82, 2.24) is 9.55 Å². The fourth-order valence-electron chi connectivity index (χ4n) is 4.38. The van der Waals surface area contributed by atoms with Crippen molar-refractivity contribution in [2.24, 2.45) is 0 Å². The Morgan fingerprint density at radius 2 is 2.07 bits per heavy atom. The van der Waals surface area contributed by atoms with Crippen LogP contribution in [-0.4, -0.2) is 62.6 Å². The van der Waals surface area contributed by atoms with E-state index in [1.54, 1.807) is 17.0 Å². The van der Waals surface area contributed by atoms with Gasteiger partial charge in [0.25, 0.3) is 5.17 Å². The molecule has 1 N–H and O–H groups in total. The van der Waals surface area contributed by atoms with Crippen molar-refractivity contribution in [2.75, 3.05) is 7.11 Å². The first-order valence-corrected chi connectivity index (χ1v) is 9.71. The van der Waals surface area contributed by atoms with Gasteiger partial charge in [0, 0.05) is 38.1 Å². The van der Waals surface area contributed by atoms with E-state index >= 15 is 0 Å². The number of thiocarbonyl (C=S) groups is 1. The molecule has 1 aromatic rings. The van der Waals surface area contributed by atoms with E-state index in [9.17, 15) is 9.90 Å². The number of fused-ring (bicyclic) bond motifs is 1. The summed E-state index contributed by atoms with van der Waals surface area (Å²) in [4.78, 5) is 16.2. The lowest BCUT2D eigenvalue weighted by Gasteiger charge is -2.39. The molecule has 1 spiro atoms. The van der Waals surface area contributed by atoms with Crippen LogP contribution < -0.4 is 0 Å². The summed E-state index contributed by atoms with van der Waals surface area (Å²) in [6.07, 6.45) is 8.24. The maximum atomic E-state index is 12.2. The molecule has 27 heavy (non-hydrogen) atoms. The number of hydrogen-bond acceptors (Lipinski definition) is 8. The third kappa shape index (κ3) is 3.49. The van der Waals surface area contributed by atoms with Crippen molar-refractivity contribution in [1.29, 1.82) is 0 Å². The highest BCUT2D eigenvalue weighted by atomic mass is 32.1. The van der Waals surface area contributed by atoms with E-state index in [2.05, 4.69) is 4.98 Å². The topological polar surface area (TPSA) is 92.0 Å². The lowest BCUT2D eigenvalue weighted by molar-refractivity contribution is -0.198. The number of carbonyl (C=O) groups is 1. The van der Waals surface area contributed by atoms with Crippen LogP contribution in [0.25, 0.3) is 0 Å². The SMILES string of the molecule is COC(=O)[C@@]1(O)C[C@@H](OC(=S)n2ccnc2)[C@@H]2OC3(CCCCC3)O[C@@H]2C1. The van der Waals surface area contributed by atoms with Crippen molar-refractivity contribution in [3.8, 4) is 0 Å². The summed E-state index contributed by atoms with van der Waals surface area (Å²) >= 11 is 5.34. The minimum absolute atomic E-state index is 0.0229. The zero-order chi connectivity index (χ0) is 19.1. The molecule has 1 saturated heterocycles. The Balaban J connectivity index is 1.58. The summed E-state index contributed by atoms with van der Waals surface area (Å²) in [5, 5.41) is 11.1. The number of rotatable bonds is 2.